The van der Waals surface area contributed by atoms with Crippen molar-refractivity contribution in [3.05, 3.63) is 29.6 Å². The van der Waals surface area contributed by atoms with Crippen LogP contribution in [0.15, 0.2) is 18.2 Å². The van der Waals surface area contributed by atoms with E-state index in [1.54, 1.807) is 0 Å². The van der Waals surface area contributed by atoms with E-state index in [-0.39, 0.29) is 11.9 Å². The Bertz CT molecular complexity index is 416. The first-order valence-electron chi connectivity index (χ1n) is 5.43. The van der Waals surface area contributed by atoms with Crippen molar-refractivity contribution in [1.82, 2.24) is 0 Å². The number of nitrogens with one attached hydrogen (secondary N) is 1. The Balaban J connectivity index is 2.16. The number of carbonyl (C=O) groups excluding carboxylic acids is 1. The molecule has 2 rings (SSSR count). The quantitative estimate of drug-likeness (QED) is 0.817. The number of rotatable bonds is 3. The monoisotopic (exact) mass is 239 g/mol. The summed E-state index contributed by atoms with van der Waals surface area (Å²) in [6, 6.07) is 4.21. The minimum Gasteiger partial charge on any atom is -0.465 e. The summed E-state index contributed by atoms with van der Waals surface area (Å²) in [7, 11) is 1.30. The van der Waals surface area contributed by atoms with Crippen molar-refractivity contribution in [2.45, 2.75) is 12.5 Å². The molecule has 1 unspecified atom stereocenters. The minimum absolute atomic E-state index is 0.0948. The van der Waals surface area contributed by atoms with Crippen molar-refractivity contribution in [2.24, 2.45) is 0 Å². The molecule has 0 aliphatic carbocycles. The topological polar surface area (TPSA) is 47.6 Å². The van der Waals surface area contributed by atoms with E-state index >= 15 is 0 Å². The van der Waals surface area contributed by atoms with E-state index in [4.69, 9.17) is 4.74 Å². The van der Waals surface area contributed by atoms with Gasteiger partial charge in [-0.15, -0.1) is 0 Å². The lowest BCUT2D eigenvalue weighted by Crippen LogP contribution is -2.20. The normalized spacial score (nSPS) is 19.1. The van der Waals surface area contributed by atoms with Crippen LogP contribution < -0.4 is 5.32 Å². The summed E-state index contributed by atoms with van der Waals surface area (Å²) in [5.41, 5.74) is 0.638. The molecule has 0 aromatic heterocycles. The molecule has 0 amide bonds. The summed E-state index contributed by atoms with van der Waals surface area (Å²) in [4.78, 5) is 11.3. The van der Waals surface area contributed by atoms with E-state index < -0.39 is 5.97 Å². The van der Waals surface area contributed by atoms with Gasteiger partial charge in [-0.2, -0.15) is 0 Å². The average Bonchev–Trinajstić information content (AvgIpc) is 2.84. The first-order valence-corrected chi connectivity index (χ1v) is 5.43. The van der Waals surface area contributed by atoms with Crippen LogP contribution in [0.4, 0.5) is 10.1 Å². The smallest absolute Gasteiger partial charge is 0.337 e. The molecule has 0 saturated carbocycles. The maximum absolute atomic E-state index is 13.5. The van der Waals surface area contributed by atoms with Crippen molar-refractivity contribution in [3.63, 3.8) is 0 Å². The zero-order chi connectivity index (χ0) is 12.3. The zero-order valence-electron chi connectivity index (χ0n) is 9.53. The van der Waals surface area contributed by atoms with Gasteiger partial charge in [-0.3, -0.25) is 0 Å². The van der Waals surface area contributed by atoms with Crippen LogP contribution in [0.2, 0.25) is 0 Å². The lowest BCUT2D eigenvalue weighted by atomic mass is 10.1. The van der Waals surface area contributed by atoms with Gasteiger partial charge in [0.2, 0.25) is 0 Å². The molecule has 1 aromatic carbocycles. The Labute approximate surface area is 98.7 Å². The first kappa shape index (κ1) is 11.9. The second-order valence-electron chi connectivity index (χ2n) is 3.89. The van der Waals surface area contributed by atoms with Gasteiger partial charge in [0.25, 0.3) is 0 Å². The predicted molar refractivity (Wildman–Crippen MR) is 60.6 cm³/mol. The second-order valence-corrected chi connectivity index (χ2v) is 3.89. The molecular weight excluding hydrogens is 225 g/mol. The Kier molecular flexibility index (Phi) is 3.58. The van der Waals surface area contributed by atoms with Crippen molar-refractivity contribution in [1.29, 1.82) is 0 Å². The van der Waals surface area contributed by atoms with E-state index in [0.29, 0.717) is 24.5 Å². The third-order valence-electron chi connectivity index (χ3n) is 2.68. The van der Waals surface area contributed by atoms with Gasteiger partial charge >= 0.3 is 5.97 Å². The van der Waals surface area contributed by atoms with Crippen molar-refractivity contribution in [2.75, 3.05) is 25.6 Å². The number of methoxy groups -OCH3 is 1. The fraction of sp³-hybridized carbons (Fsp3) is 0.417. The number of hydrogen-bond donors (Lipinski definition) is 1. The molecule has 1 aliphatic rings. The van der Waals surface area contributed by atoms with Gasteiger partial charge in [-0.1, -0.05) is 0 Å². The summed E-state index contributed by atoms with van der Waals surface area (Å²) in [6.45, 7) is 1.23. The lowest BCUT2D eigenvalue weighted by Gasteiger charge is -2.13. The molecule has 1 atom stereocenters. The first-order chi connectivity index (χ1) is 8.20. The minimum atomic E-state index is -0.476. The van der Waals surface area contributed by atoms with E-state index in [2.05, 4.69) is 10.1 Å². The van der Waals surface area contributed by atoms with Crippen LogP contribution >= 0.6 is 0 Å². The number of esters is 1. The summed E-state index contributed by atoms with van der Waals surface area (Å²) in [5.74, 6) is -0.861. The maximum Gasteiger partial charge on any atom is 0.337 e. The van der Waals surface area contributed by atoms with Crippen LogP contribution in [0.3, 0.4) is 0 Å². The molecule has 17 heavy (non-hydrogen) atoms. The highest BCUT2D eigenvalue weighted by Gasteiger charge is 2.17. The van der Waals surface area contributed by atoms with Gasteiger partial charge in [0.05, 0.1) is 31.0 Å². The van der Waals surface area contributed by atoms with Crippen molar-refractivity contribution < 1.29 is 18.7 Å². The highest BCUT2D eigenvalue weighted by Crippen LogP contribution is 2.20. The van der Waals surface area contributed by atoms with E-state index in [0.717, 1.165) is 6.42 Å². The molecule has 1 heterocycles. The molecule has 5 heteroatoms. The largest absolute Gasteiger partial charge is 0.465 e. The molecule has 1 saturated heterocycles. The van der Waals surface area contributed by atoms with Crippen LogP contribution in [-0.2, 0) is 9.47 Å². The Hall–Kier alpha value is -1.62. The van der Waals surface area contributed by atoms with Crippen LogP contribution in [0.1, 0.15) is 16.8 Å². The number of halogens is 1. The fourth-order valence-electron chi connectivity index (χ4n) is 1.75. The number of ether oxygens (including phenoxy) is 2. The van der Waals surface area contributed by atoms with Gasteiger partial charge in [0.15, 0.2) is 0 Å². The number of benzene rings is 1. The Morgan fingerprint density at radius 2 is 2.41 bits per heavy atom. The molecule has 4 nitrogen and oxygen atoms in total. The fourth-order valence-corrected chi connectivity index (χ4v) is 1.75. The van der Waals surface area contributed by atoms with E-state index in [1.165, 1.54) is 25.3 Å². The van der Waals surface area contributed by atoms with Crippen LogP contribution in [0, 0.1) is 5.82 Å². The van der Waals surface area contributed by atoms with Gasteiger partial charge < -0.3 is 14.8 Å². The highest BCUT2D eigenvalue weighted by atomic mass is 19.1. The third kappa shape index (κ3) is 2.74. The maximum atomic E-state index is 13.5. The summed E-state index contributed by atoms with van der Waals surface area (Å²) >= 11 is 0. The predicted octanol–water partition coefficient (Wildman–Crippen LogP) is 1.81. The van der Waals surface area contributed by atoms with Crippen LogP contribution in [0.5, 0.6) is 0 Å². The molecule has 1 aliphatic heterocycles. The molecule has 1 fully saturated rings. The second kappa shape index (κ2) is 5.14. The van der Waals surface area contributed by atoms with Gasteiger partial charge in [-0.25, -0.2) is 9.18 Å². The van der Waals surface area contributed by atoms with Gasteiger partial charge in [0, 0.05) is 6.61 Å². The van der Waals surface area contributed by atoms with Crippen LogP contribution in [0.25, 0.3) is 0 Å². The Morgan fingerprint density at radius 1 is 1.59 bits per heavy atom. The molecule has 1 aromatic rings. The molecule has 0 radical (unpaired) electrons. The van der Waals surface area contributed by atoms with Crippen molar-refractivity contribution >= 4 is 11.7 Å². The summed E-state index contributed by atoms with van der Waals surface area (Å²) in [5, 5.41) is 3.02. The molecule has 0 spiro atoms. The van der Waals surface area contributed by atoms with Crippen LogP contribution in [-0.4, -0.2) is 32.3 Å². The molecule has 1 N–H and O–H groups in total. The highest BCUT2D eigenvalue weighted by molar-refractivity contribution is 5.90. The number of hydrogen-bond acceptors (Lipinski definition) is 4. The molecule has 92 valence electrons. The number of anilines is 1. The molecule has 0 bridgehead atoms. The standard InChI is InChI=1S/C12H14FNO3/c1-16-12(15)8-2-3-10(13)11(6-8)14-9-4-5-17-7-9/h2-3,6,9,14H,4-5,7H2,1H3. The third-order valence-corrected chi connectivity index (χ3v) is 2.68. The van der Waals surface area contributed by atoms with Crippen molar-refractivity contribution in [3.8, 4) is 0 Å². The summed E-state index contributed by atoms with van der Waals surface area (Å²) < 4.78 is 23.3. The van der Waals surface area contributed by atoms with Gasteiger partial charge in [-0.05, 0) is 24.6 Å². The SMILES string of the molecule is COC(=O)c1ccc(F)c(NC2CCOC2)c1. The molecular formula is C12H14FNO3. The van der Waals surface area contributed by atoms with Gasteiger partial charge in [0.1, 0.15) is 5.82 Å². The van der Waals surface area contributed by atoms with E-state index in [1.807, 2.05) is 0 Å². The average molecular weight is 239 g/mol. The Morgan fingerprint density at radius 3 is 3.06 bits per heavy atom. The summed E-state index contributed by atoms with van der Waals surface area (Å²) in [6.07, 6.45) is 0.835. The lowest BCUT2D eigenvalue weighted by molar-refractivity contribution is 0.0600. The zero-order valence-corrected chi connectivity index (χ0v) is 9.53. The van der Waals surface area contributed by atoms with E-state index in [9.17, 15) is 9.18 Å². The number of carbonyl (C=O) groups is 1.